The van der Waals surface area contributed by atoms with Crippen molar-refractivity contribution in [3.63, 3.8) is 0 Å². The van der Waals surface area contributed by atoms with Crippen molar-refractivity contribution in [3.05, 3.63) is 53.1 Å². The Morgan fingerprint density at radius 1 is 1.03 bits per heavy atom. The Labute approximate surface area is 231 Å². The summed E-state index contributed by atoms with van der Waals surface area (Å²) in [6.45, 7) is 3.74. The van der Waals surface area contributed by atoms with Crippen molar-refractivity contribution >= 4 is 64.1 Å². The summed E-state index contributed by atoms with van der Waals surface area (Å²) in [6, 6.07) is 13.7. The average molecular weight is 604 g/mol. The SMILES string of the molecule is COc1cc(Nc2nccc(Sc3cccc(Br)c3)n2)cc(OCCN2CCCC2)c1OC.Cl.Cl. The van der Waals surface area contributed by atoms with E-state index in [1.165, 1.54) is 12.8 Å². The molecule has 0 amide bonds. The molecule has 2 aromatic carbocycles. The third-order valence-electron chi connectivity index (χ3n) is 5.21. The molecule has 11 heteroatoms. The number of anilines is 2. The Morgan fingerprint density at radius 3 is 2.51 bits per heavy atom. The Kier molecular flexibility index (Phi) is 12.2. The number of aromatic nitrogens is 2. The van der Waals surface area contributed by atoms with Gasteiger partial charge in [-0.3, -0.25) is 4.90 Å². The number of hydrogen-bond acceptors (Lipinski definition) is 8. The molecule has 35 heavy (non-hydrogen) atoms. The fourth-order valence-corrected chi connectivity index (χ4v) is 5.03. The van der Waals surface area contributed by atoms with Crippen LogP contribution in [-0.2, 0) is 0 Å². The minimum atomic E-state index is 0. The third kappa shape index (κ3) is 8.32. The first-order valence-corrected chi connectivity index (χ1v) is 12.4. The smallest absolute Gasteiger partial charge is 0.228 e. The van der Waals surface area contributed by atoms with Crippen molar-refractivity contribution in [3.8, 4) is 17.2 Å². The van der Waals surface area contributed by atoms with Crippen LogP contribution in [0.4, 0.5) is 11.6 Å². The second kappa shape index (κ2) is 14.6. The molecule has 0 spiro atoms. The molecular formula is C24H29BrCl2N4O3S. The predicted molar refractivity (Wildman–Crippen MR) is 149 cm³/mol. The van der Waals surface area contributed by atoms with Gasteiger partial charge in [-0.15, -0.1) is 24.8 Å². The van der Waals surface area contributed by atoms with Gasteiger partial charge < -0.3 is 19.5 Å². The molecule has 1 N–H and O–H groups in total. The second-order valence-corrected chi connectivity index (χ2v) is 9.52. The molecule has 0 atom stereocenters. The number of methoxy groups -OCH3 is 2. The number of benzene rings is 2. The normalized spacial score (nSPS) is 12.9. The van der Waals surface area contributed by atoms with Crippen LogP contribution in [0, 0.1) is 0 Å². The van der Waals surface area contributed by atoms with E-state index >= 15 is 0 Å². The van der Waals surface area contributed by atoms with Crippen molar-refractivity contribution < 1.29 is 14.2 Å². The van der Waals surface area contributed by atoms with Crippen LogP contribution in [0.15, 0.2) is 63.1 Å². The molecule has 0 aliphatic carbocycles. The molecule has 1 aromatic heterocycles. The van der Waals surface area contributed by atoms with Crippen molar-refractivity contribution in [2.75, 3.05) is 45.8 Å². The van der Waals surface area contributed by atoms with Gasteiger partial charge in [-0.1, -0.05) is 33.8 Å². The Hall–Kier alpha value is -1.91. The molecule has 1 aliphatic heterocycles. The quantitative estimate of drug-likeness (QED) is 0.264. The largest absolute Gasteiger partial charge is 0.493 e. The van der Waals surface area contributed by atoms with Crippen LogP contribution in [0.1, 0.15) is 12.8 Å². The molecule has 190 valence electrons. The molecule has 0 unspecified atom stereocenters. The fourth-order valence-electron chi connectivity index (χ4n) is 3.64. The Balaban J connectivity index is 0.00000216. The number of nitrogens with one attached hydrogen (secondary N) is 1. The summed E-state index contributed by atoms with van der Waals surface area (Å²) in [4.78, 5) is 12.5. The van der Waals surface area contributed by atoms with Gasteiger partial charge in [-0.25, -0.2) is 9.97 Å². The Morgan fingerprint density at radius 2 is 1.80 bits per heavy atom. The van der Waals surface area contributed by atoms with E-state index in [1.54, 1.807) is 32.2 Å². The van der Waals surface area contributed by atoms with Gasteiger partial charge in [0.25, 0.3) is 0 Å². The van der Waals surface area contributed by atoms with Crippen LogP contribution in [-0.4, -0.2) is 55.3 Å². The summed E-state index contributed by atoms with van der Waals surface area (Å²) in [7, 11) is 3.23. The topological polar surface area (TPSA) is 68.7 Å². The molecule has 7 nitrogen and oxygen atoms in total. The number of halogens is 3. The van der Waals surface area contributed by atoms with Crippen molar-refractivity contribution in [2.45, 2.75) is 22.8 Å². The molecular weight excluding hydrogens is 575 g/mol. The highest BCUT2D eigenvalue weighted by atomic mass is 79.9. The summed E-state index contributed by atoms with van der Waals surface area (Å²) < 4.78 is 18.2. The molecule has 2 heterocycles. The highest BCUT2D eigenvalue weighted by Gasteiger charge is 2.16. The van der Waals surface area contributed by atoms with Gasteiger partial charge in [0, 0.05) is 39.9 Å². The van der Waals surface area contributed by atoms with Gasteiger partial charge in [0.1, 0.15) is 11.6 Å². The van der Waals surface area contributed by atoms with Crippen molar-refractivity contribution in [2.24, 2.45) is 0 Å². The zero-order chi connectivity index (χ0) is 23.0. The lowest BCUT2D eigenvalue weighted by Crippen LogP contribution is -2.25. The summed E-state index contributed by atoms with van der Waals surface area (Å²) in [5, 5.41) is 4.11. The lowest BCUT2D eigenvalue weighted by atomic mass is 10.2. The summed E-state index contributed by atoms with van der Waals surface area (Å²) in [6.07, 6.45) is 4.26. The molecule has 0 bridgehead atoms. The number of nitrogens with zero attached hydrogens (tertiary/aromatic N) is 3. The van der Waals surface area contributed by atoms with E-state index in [2.05, 4.69) is 42.2 Å². The van der Waals surface area contributed by atoms with E-state index in [4.69, 9.17) is 14.2 Å². The summed E-state index contributed by atoms with van der Waals surface area (Å²) in [5.74, 6) is 2.27. The number of ether oxygens (including phenoxy) is 3. The lowest BCUT2D eigenvalue weighted by molar-refractivity contribution is 0.228. The van der Waals surface area contributed by atoms with Crippen LogP contribution in [0.3, 0.4) is 0 Å². The van der Waals surface area contributed by atoms with Gasteiger partial charge in [-0.2, -0.15) is 0 Å². The minimum Gasteiger partial charge on any atom is -0.493 e. The van der Waals surface area contributed by atoms with E-state index < -0.39 is 0 Å². The zero-order valence-corrected chi connectivity index (χ0v) is 23.6. The molecule has 3 aromatic rings. The number of rotatable bonds is 10. The lowest BCUT2D eigenvalue weighted by Gasteiger charge is -2.18. The van der Waals surface area contributed by atoms with Crippen LogP contribution in [0.5, 0.6) is 17.2 Å². The van der Waals surface area contributed by atoms with Crippen molar-refractivity contribution in [1.82, 2.24) is 14.9 Å². The van der Waals surface area contributed by atoms with Crippen LogP contribution in [0.2, 0.25) is 0 Å². The molecule has 1 saturated heterocycles. The molecule has 0 radical (unpaired) electrons. The first-order chi connectivity index (χ1) is 16.1. The summed E-state index contributed by atoms with van der Waals surface area (Å²) in [5.41, 5.74) is 0.758. The van der Waals surface area contributed by atoms with Gasteiger partial charge in [0.2, 0.25) is 11.7 Å². The maximum Gasteiger partial charge on any atom is 0.228 e. The zero-order valence-electron chi connectivity index (χ0n) is 19.5. The predicted octanol–water partition coefficient (Wildman–Crippen LogP) is 6.47. The standard InChI is InChI=1S/C24H27BrN4O3S.2ClH/c1-30-20-15-18(16-21(23(20)31-2)32-13-12-29-10-3-4-11-29)27-24-26-9-8-22(28-24)33-19-7-5-6-17(25)14-19;;/h5-9,14-16H,3-4,10-13H2,1-2H3,(H,26,27,28);2*1H. The molecule has 1 fully saturated rings. The number of hydrogen-bond donors (Lipinski definition) is 1. The molecule has 4 rings (SSSR count). The van der Waals surface area contributed by atoms with Crippen LogP contribution < -0.4 is 19.5 Å². The fraction of sp³-hybridized carbons (Fsp3) is 0.333. The first kappa shape index (κ1) is 29.3. The Bertz CT molecular complexity index is 1090. The van der Waals surface area contributed by atoms with Crippen LogP contribution in [0.25, 0.3) is 0 Å². The van der Waals surface area contributed by atoms with Gasteiger partial charge in [0.15, 0.2) is 11.5 Å². The average Bonchev–Trinajstić information content (AvgIpc) is 3.32. The third-order valence-corrected chi connectivity index (χ3v) is 6.63. The molecule has 1 aliphatic rings. The first-order valence-electron chi connectivity index (χ1n) is 10.8. The minimum absolute atomic E-state index is 0. The highest BCUT2D eigenvalue weighted by molar-refractivity contribution is 9.10. The van der Waals surface area contributed by atoms with E-state index in [9.17, 15) is 0 Å². The van der Waals surface area contributed by atoms with E-state index in [0.717, 1.165) is 39.7 Å². The van der Waals surface area contributed by atoms with Crippen molar-refractivity contribution in [1.29, 1.82) is 0 Å². The maximum atomic E-state index is 6.09. The monoisotopic (exact) mass is 602 g/mol. The molecule has 0 saturated carbocycles. The van der Waals surface area contributed by atoms with Gasteiger partial charge in [0.05, 0.1) is 14.2 Å². The maximum absolute atomic E-state index is 6.09. The number of likely N-dealkylation sites (tertiary alicyclic amines) is 1. The summed E-state index contributed by atoms with van der Waals surface area (Å²) >= 11 is 5.08. The van der Waals surface area contributed by atoms with E-state index in [0.29, 0.717) is 29.8 Å². The highest BCUT2D eigenvalue weighted by Crippen LogP contribution is 2.41. The van der Waals surface area contributed by atoms with Gasteiger partial charge in [-0.05, 0) is 50.2 Å². The van der Waals surface area contributed by atoms with Crippen LogP contribution >= 0.6 is 52.5 Å². The second-order valence-electron chi connectivity index (χ2n) is 7.51. The van der Waals surface area contributed by atoms with E-state index in [-0.39, 0.29) is 24.8 Å². The van der Waals surface area contributed by atoms with Gasteiger partial charge >= 0.3 is 0 Å². The van der Waals surface area contributed by atoms with E-state index in [1.807, 2.05) is 36.4 Å².